The summed E-state index contributed by atoms with van der Waals surface area (Å²) >= 11 is 0. The molecule has 0 saturated carbocycles. The monoisotopic (exact) mass is 414 g/mol. The van der Waals surface area contributed by atoms with Crippen LogP contribution in [0.1, 0.15) is 5.56 Å². The van der Waals surface area contributed by atoms with E-state index in [1.807, 2.05) is 6.92 Å². The molecule has 1 aliphatic rings. The maximum Gasteiger partial charge on any atom is 0.407 e. The van der Waals surface area contributed by atoms with Crippen LogP contribution in [0.25, 0.3) is 11.0 Å². The molecule has 10 heteroatoms. The van der Waals surface area contributed by atoms with Gasteiger partial charge in [-0.3, -0.25) is 9.69 Å². The Hall–Kier alpha value is -3.40. The Morgan fingerprint density at radius 2 is 1.93 bits per heavy atom. The summed E-state index contributed by atoms with van der Waals surface area (Å²) in [5, 5.41) is 3.03. The van der Waals surface area contributed by atoms with Crippen LogP contribution in [0.3, 0.4) is 0 Å². The highest BCUT2D eigenvalue weighted by Crippen LogP contribution is 2.24. The summed E-state index contributed by atoms with van der Waals surface area (Å²) in [4.78, 5) is 29.5. The molecule has 0 spiro atoms. The van der Waals surface area contributed by atoms with Gasteiger partial charge in [0.1, 0.15) is 18.5 Å². The Morgan fingerprint density at radius 3 is 2.59 bits per heavy atom. The van der Waals surface area contributed by atoms with Gasteiger partial charge in [-0.1, -0.05) is 17.7 Å². The first-order valence-corrected chi connectivity index (χ1v) is 10.2. The standard InChI is InChI=1S/C19H18N4O5S/c1-12-3-6-14(7-4-12)29(26,27)23-10-9-13-5-8-16(21-17(13)23)22(2)18(24)15-11-28-19(25)20-15/h3-10,15H,11H2,1-2H3,(H,20,25)/t15-/m0/s1. The smallest absolute Gasteiger partial charge is 0.407 e. The number of nitrogens with one attached hydrogen (secondary N) is 1. The number of aromatic nitrogens is 2. The van der Waals surface area contributed by atoms with Gasteiger partial charge >= 0.3 is 6.09 Å². The fourth-order valence-electron chi connectivity index (χ4n) is 3.04. The lowest BCUT2D eigenvalue weighted by molar-refractivity contribution is -0.120. The highest BCUT2D eigenvalue weighted by Gasteiger charge is 2.32. The van der Waals surface area contributed by atoms with Gasteiger partial charge in [-0.2, -0.15) is 0 Å². The van der Waals surface area contributed by atoms with Crippen molar-refractivity contribution in [1.29, 1.82) is 0 Å². The zero-order valence-corrected chi connectivity index (χ0v) is 16.5. The molecular formula is C19H18N4O5S. The molecule has 3 aromatic rings. The van der Waals surface area contributed by atoms with E-state index in [9.17, 15) is 18.0 Å². The average Bonchev–Trinajstić information content (AvgIpc) is 3.33. The van der Waals surface area contributed by atoms with Gasteiger partial charge in [0.15, 0.2) is 5.65 Å². The summed E-state index contributed by atoms with van der Waals surface area (Å²) < 4.78 is 32.0. The second-order valence-electron chi connectivity index (χ2n) is 6.70. The number of cyclic esters (lactones) is 1. The van der Waals surface area contributed by atoms with Crippen LogP contribution >= 0.6 is 0 Å². The van der Waals surface area contributed by atoms with E-state index in [4.69, 9.17) is 4.74 Å². The zero-order chi connectivity index (χ0) is 20.8. The number of anilines is 1. The largest absolute Gasteiger partial charge is 0.447 e. The first-order chi connectivity index (χ1) is 13.8. The van der Waals surface area contributed by atoms with Crippen LogP contribution in [-0.4, -0.2) is 49.1 Å². The molecule has 9 nitrogen and oxygen atoms in total. The summed E-state index contributed by atoms with van der Waals surface area (Å²) in [6, 6.07) is 10.7. The number of ether oxygens (including phenoxy) is 1. The quantitative estimate of drug-likeness (QED) is 0.695. The lowest BCUT2D eigenvalue weighted by Crippen LogP contribution is -2.44. The molecule has 0 unspecified atom stereocenters. The van der Waals surface area contributed by atoms with E-state index in [0.717, 1.165) is 9.54 Å². The van der Waals surface area contributed by atoms with Gasteiger partial charge in [0, 0.05) is 18.6 Å². The number of benzene rings is 1. The molecule has 1 fully saturated rings. The second kappa shape index (κ2) is 6.89. The van der Waals surface area contributed by atoms with Crippen LogP contribution in [-0.2, 0) is 19.6 Å². The number of hydrogen-bond donors (Lipinski definition) is 1. The van der Waals surface area contributed by atoms with Crippen LogP contribution in [0.5, 0.6) is 0 Å². The molecule has 3 heterocycles. The van der Waals surface area contributed by atoms with Crippen LogP contribution in [0.4, 0.5) is 10.6 Å². The number of alkyl carbamates (subject to hydrolysis) is 1. The second-order valence-corrected chi connectivity index (χ2v) is 8.52. The van der Waals surface area contributed by atoms with Crippen LogP contribution in [0.15, 0.2) is 53.6 Å². The van der Waals surface area contributed by atoms with E-state index in [0.29, 0.717) is 5.39 Å². The lowest BCUT2D eigenvalue weighted by Gasteiger charge is -2.19. The molecule has 4 rings (SSSR count). The topological polar surface area (TPSA) is 111 Å². The van der Waals surface area contributed by atoms with Crippen molar-refractivity contribution in [1.82, 2.24) is 14.3 Å². The minimum Gasteiger partial charge on any atom is -0.447 e. The third kappa shape index (κ3) is 3.31. The summed E-state index contributed by atoms with van der Waals surface area (Å²) in [5.41, 5.74) is 1.15. The normalized spacial score (nSPS) is 16.5. The fraction of sp³-hybridized carbons (Fsp3) is 0.211. The highest BCUT2D eigenvalue weighted by molar-refractivity contribution is 7.90. The molecule has 29 heavy (non-hydrogen) atoms. The van der Waals surface area contributed by atoms with Gasteiger partial charge in [0.25, 0.3) is 15.9 Å². The third-order valence-electron chi connectivity index (χ3n) is 4.71. The van der Waals surface area contributed by atoms with Crippen molar-refractivity contribution in [3.63, 3.8) is 0 Å². The Bertz CT molecular complexity index is 1220. The van der Waals surface area contributed by atoms with Gasteiger partial charge in [-0.15, -0.1) is 0 Å². The van der Waals surface area contributed by atoms with Crippen molar-refractivity contribution in [2.24, 2.45) is 0 Å². The average molecular weight is 414 g/mol. The molecular weight excluding hydrogens is 396 g/mol. The fourth-order valence-corrected chi connectivity index (χ4v) is 4.35. The molecule has 0 bridgehead atoms. The van der Waals surface area contributed by atoms with Crippen molar-refractivity contribution < 1.29 is 22.7 Å². The van der Waals surface area contributed by atoms with Crippen molar-refractivity contribution in [2.75, 3.05) is 18.6 Å². The van der Waals surface area contributed by atoms with E-state index >= 15 is 0 Å². The maximum absolute atomic E-state index is 13.1. The Kier molecular flexibility index (Phi) is 4.50. The SMILES string of the molecule is Cc1ccc(S(=O)(=O)n2ccc3ccc(N(C)C(=O)[C@@H]4COC(=O)N4)nc32)cc1. The number of amides is 2. The number of aryl methyl sites for hydroxylation is 1. The number of likely N-dealkylation sites (N-methyl/N-ethyl adjacent to an activating group) is 1. The maximum atomic E-state index is 13.1. The summed E-state index contributed by atoms with van der Waals surface area (Å²) in [6.07, 6.45) is 0.780. The molecule has 0 radical (unpaired) electrons. The van der Waals surface area contributed by atoms with Crippen molar-refractivity contribution in [2.45, 2.75) is 17.9 Å². The van der Waals surface area contributed by atoms with Gasteiger partial charge < -0.3 is 10.1 Å². The molecule has 1 N–H and O–H groups in total. The van der Waals surface area contributed by atoms with Crippen LogP contribution in [0, 0.1) is 6.92 Å². The van der Waals surface area contributed by atoms with Gasteiger partial charge in [0.2, 0.25) is 0 Å². The molecule has 2 amide bonds. The summed E-state index contributed by atoms with van der Waals surface area (Å²) in [5.74, 6) is -0.162. The molecule has 150 valence electrons. The number of fused-ring (bicyclic) bond motifs is 1. The summed E-state index contributed by atoms with van der Waals surface area (Å²) in [6.45, 7) is 1.81. The number of carbonyl (C=O) groups excluding carboxylic acids is 2. The minimum atomic E-state index is -3.85. The molecule has 0 aliphatic carbocycles. The Labute approximate surface area is 166 Å². The lowest BCUT2D eigenvalue weighted by atomic mass is 10.2. The van der Waals surface area contributed by atoms with Gasteiger partial charge in [0.05, 0.1) is 4.90 Å². The number of carbonyl (C=O) groups is 2. The van der Waals surface area contributed by atoms with Crippen molar-refractivity contribution >= 4 is 38.9 Å². The van der Waals surface area contributed by atoms with Gasteiger partial charge in [-0.05, 0) is 37.3 Å². The molecule has 1 saturated heterocycles. The van der Waals surface area contributed by atoms with Crippen LogP contribution < -0.4 is 10.2 Å². The number of rotatable bonds is 4. The van der Waals surface area contributed by atoms with E-state index in [1.54, 1.807) is 42.5 Å². The molecule has 1 aliphatic heterocycles. The Balaban J connectivity index is 1.72. The van der Waals surface area contributed by atoms with E-state index < -0.39 is 28.1 Å². The number of pyridine rings is 1. The number of hydrogen-bond acceptors (Lipinski definition) is 6. The minimum absolute atomic E-state index is 0.0670. The number of nitrogens with zero attached hydrogens (tertiary/aromatic N) is 3. The van der Waals surface area contributed by atoms with Crippen LogP contribution in [0.2, 0.25) is 0 Å². The highest BCUT2D eigenvalue weighted by atomic mass is 32.2. The van der Waals surface area contributed by atoms with Gasteiger partial charge in [-0.25, -0.2) is 22.2 Å². The summed E-state index contributed by atoms with van der Waals surface area (Å²) in [7, 11) is -2.35. The molecule has 2 aromatic heterocycles. The van der Waals surface area contributed by atoms with Crippen molar-refractivity contribution in [3.8, 4) is 0 Å². The van der Waals surface area contributed by atoms with Crippen molar-refractivity contribution in [3.05, 3.63) is 54.2 Å². The molecule has 1 atom stereocenters. The zero-order valence-electron chi connectivity index (χ0n) is 15.7. The van der Waals surface area contributed by atoms with E-state index in [2.05, 4.69) is 10.3 Å². The first-order valence-electron chi connectivity index (χ1n) is 8.78. The first kappa shape index (κ1) is 18.9. The van der Waals surface area contributed by atoms with E-state index in [-0.39, 0.29) is 23.0 Å². The predicted molar refractivity (Wildman–Crippen MR) is 105 cm³/mol. The van der Waals surface area contributed by atoms with E-state index in [1.165, 1.54) is 18.1 Å². The molecule has 1 aromatic carbocycles. The third-order valence-corrected chi connectivity index (χ3v) is 6.39. The Morgan fingerprint density at radius 1 is 1.21 bits per heavy atom. The predicted octanol–water partition coefficient (Wildman–Crippen LogP) is 1.65.